The molecule has 2 rings (SSSR count). The Kier molecular flexibility index (Phi) is 5.41. The minimum Gasteiger partial charge on any atom is -0.477 e. The zero-order valence-corrected chi connectivity index (χ0v) is 14.4. The lowest BCUT2D eigenvalue weighted by molar-refractivity contribution is 0.0690. The highest BCUT2D eigenvalue weighted by Crippen LogP contribution is 2.40. The normalized spacial score (nSPS) is 11.0. The number of halogens is 2. The smallest absolute Gasteiger partial charge is 0.353 e. The van der Waals surface area contributed by atoms with Gasteiger partial charge in [0.15, 0.2) is 0 Å². The maximum Gasteiger partial charge on any atom is 0.353 e. The van der Waals surface area contributed by atoms with Crippen LogP contribution in [0.2, 0.25) is 0 Å². The monoisotopic (exact) mass is 433 g/mol. The number of aromatic amines is 1. The van der Waals surface area contributed by atoms with Gasteiger partial charge in [0.2, 0.25) is 0 Å². The number of carbonyl (C=O) groups is 1. The van der Waals surface area contributed by atoms with Crippen molar-refractivity contribution in [1.29, 1.82) is 0 Å². The highest BCUT2D eigenvalue weighted by Gasteiger charge is 2.23. The van der Waals surface area contributed by atoms with Gasteiger partial charge in [0, 0.05) is 5.56 Å². The van der Waals surface area contributed by atoms with Gasteiger partial charge in [0.05, 0.1) is 28.9 Å². The van der Waals surface area contributed by atoms with E-state index in [1.807, 2.05) is 0 Å². The Morgan fingerprint density at radius 3 is 2.14 bits per heavy atom. The molecule has 22 heavy (non-hydrogen) atoms. The second-order valence-electron chi connectivity index (χ2n) is 4.51. The Hall–Kier alpha value is -1.19. The predicted molar refractivity (Wildman–Crippen MR) is 86.4 cm³/mol. The third-order valence-corrected chi connectivity index (χ3v) is 4.78. The standard InChI is InChI=1S/C14H13Br2NO5/c15-11-10(13(16)17-12(11)14(21)22)7-2-1-6(3-18)8(4-19)9(7)5-20/h1-2,17-20H,3-5H2,(H,21,22). The second-order valence-corrected chi connectivity index (χ2v) is 6.10. The van der Waals surface area contributed by atoms with Gasteiger partial charge in [0.25, 0.3) is 0 Å². The highest BCUT2D eigenvalue weighted by atomic mass is 79.9. The molecule has 2 aromatic rings. The number of aromatic carboxylic acids is 1. The molecule has 0 aliphatic heterocycles. The van der Waals surface area contributed by atoms with Crippen molar-refractivity contribution >= 4 is 37.8 Å². The predicted octanol–water partition coefficient (Wildman–Crippen LogP) is 2.38. The van der Waals surface area contributed by atoms with Crippen LogP contribution in [0, 0.1) is 0 Å². The molecule has 0 aliphatic carbocycles. The van der Waals surface area contributed by atoms with E-state index in [9.17, 15) is 20.1 Å². The number of hydrogen-bond acceptors (Lipinski definition) is 4. The number of carboxylic acid groups (broad SMARTS) is 1. The Bertz CT molecular complexity index is 727. The summed E-state index contributed by atoms with van der Waals surface area (Å²) in [5.41, 5.74) is 2.44. The third-order valence-electron chi connectivity index (χ3n) is 3.39. The molecule has 0 amide bonds. The Labute approximate surface area is 142 Å². The van der Waals surface area contributed by atoms with Crippen molar-refractivity contribution in [2.75, 3.05) is 0 Å². The molecule has 0 bridgehead atoms. The summed E-state index contributed by atoms with van der Waals surface area (Å²) in [7, 11) is 0. The average Bonchev–Trinajstić information content (AvgIpc) is 2.80. The first-order valence-corrected chi connectivity index (χ1v) is 7.81. The first kappa shape index (κ1) is 17.2. The number of carboxylic acids is 1. The number of benzene rings is 1. The van der Waals surface area contributed by atoms with Crippen LogP contribution in [0.15, 0.2) is 21.2 Å². The van der Waals surface area contributed by atoms with E-state index in [-0.39, 0.29) is 25.5 Å². The van der Waals surface area contributed by atoms with Gasteiger partial charge in [-0.1, -0.05) is 12.1 Å². The molecule has 1 aromatic heterocycles. The third kappa shape index (κ3) is 2.84. The number of aliphatic hydroxyl groups is 3. The summed E-state index contributed by atoms with van der Waals surface area (Å²) >= 11 is 6.53. The molecule has 0 aliphatic rings. The Balaban J connectivity index is 2.76. The lowest BCUT2D eigenvalue weighted by atomic mass is 9.93. The van der Waals surface area contributed by atoms with Crippen LogP contribution in [0.25, 0.3) is 11.1 Å². The average molecular weight is 435 g/mol. The van der Waals surface area contributed by atoms with Gasteiger partial charge >= 0.3 is 5.97 Å². The zero-order chi connectivity index (χ0) is 16.4. The zero-order valence-electron chi connectivity index (χ0n) is 11.2. The number of aliphatic hydroxyl groups excluding tert-OH is 3. The van der Waals surface area contributed by atoms with Crippen molar-refractivity contribution < 1.29 is 25.2 Å². The summed E-state index contributed by atoms with van der Waals surface area (Å²) < 4.78 is 0.773. The van der Waals surface area contributed by atoms with Gasteiger partial charge in [0.1, 0.15) is 5.69 Å². The molecule has 0 radical (unpaired) electrons. The Morgan fingerprint density at radius 2 is 1.68 bits per heavy atom. The largest absolute Gasteiger partial charge is 0.477 e. The molecule has 6 nitrogen and oxygen atoms in total. The summed E-state index contributed by atoms with van der Waals surface area (Å²) in [5.74, 6) is -1.13. The van der Waals surface area contributed by atoms with Crippen molar-refractivity contribution in [3.05, 3.63) is 43.6 Å². The number of rotatable bonds is 5. The molecule has 0 unspecified atom stereocenters. The van der Waals surface area contributed by atoms with Crippen LogP contribution in [-0.4, -0.2) is 31.4 Å². The van der Waals surface area contributed by atoms with E-state index in [1.54, 1.807) is 12.1 Å². The van der Waals surface area contributed by atoms with Gasteiger partial charge in [-0.2, -0.15) is 0 Å². The molecular weight excluding hydrogens is 422 g/mol. The molecule has 0 saturated heterocycles. The summed E-state index contributed by atoms with van der Waals surface area (Å²) in [6.45, 7) is -0.963. The molecule has 0 fully saturated rings. The van der Waals surface area contributed by atoms with Crippen molar-refractivity contribution in [3.8, 4) is 11.1 Å². The van der Waals surface area contributed by atoms with E-state index in [0.29, 0.717) is 36.9 Å². The van der Waals surface area contributed by atoms with Crippen LogP contribution in [-0.2, 0) is 19.8 Å². The molecule has 1 heterocycles. The van der Waals surface area contributed by atoms with Crippen LogP contribution < -0.4 is 0 Å². The summed E-state index contributed by atoms with van der Waals surface area (Å²) in [6, 6.07) is 3.30. The maximum absolute atomic E-state index is 11.2. The molecular formula is C14H13Br2NO5. The fraction of sp³-hybridized carbons (Fsp3) is 0.214. The van der Waals surface area contributed by atoms with E-state index in [4.69, 9.17) is 5.11 Å². The molecule has 0 saturated carbocycles. The molecule has 8 heteroatoms. The molecule has 0 atom stereocenters. The van der Waals surface area contributed by atoms with E-state index in [1.165, 1.54) is 0 Å². The summed E-state index contributed by atoms with van der Waals surface area (Å²) in [4.78, 5) is 13.9. The van der Waals surface area contributed by atoms with E-state index in [0.717, 1.165) is 0 Å². The minimum atomic E-state index is -1.13. The first-order valence-electron chi connectivity index (χ1n) is 6.23. The molecule has 1 aromatic carbocycles. The first-order chi connectivity index (χ1) is 10.5. The van der Waals surface area contributed by atoms with Crippen molar-refractivity contribution in [3.63, 3.8) is 0 Å². The fourth-order valence-corrected chi connectivity index (χ4v) is 3.89. The van der Waals surface area contributed by atoms with Crippen LogP contribution in [0.5, 0.6) is 0 Å². The molecule has 5 N–H and O–H groups in total. The summed E-state index contributed by atoms with van der Waals surface area (Å²) in [6.07, 6.45) is 0. The lowest BCUT2D eigenvalue weighted by Crippen LogP contribution is -2.03. The van der Waals surface area contributed by atoms with Gasteiger partial charge in [-0.15, -0.1) is 0 Å². The quantitative estimate of drug-likeness (QED) is 0.495. The highest BCUT2D eigenvalue weighted by molar-refractivity contribution is 9.11. The summed E-state index contributed by atoms with van der Waals surface area (Å²) in [5, 5.41) is 37.7. The van der Waals surface area contributed by atoms with Gasteiger partial charge in [-0.25, -0.2) is 4.79 Å². The van der Waals surface area contributed by atoms with Crippen LogP contribution >= 0.6 is 31.9 Å². The van der Waals surface area contributed by atoms with Crippen LogP contribution in [0.3, 0.4) is 0 Å². The molecule has 0 spiro atoms. The van der Waals surface area contributed by atoms with Crippen LogP contribution in [0.1, 0.15) is 27.2 Å². The van der Waals surface area contributed by atoms with E-state index >= 15 is 0 Å². The minimum absolute atomic E-state index is 0.0254. The number of nitrogens with one attached hydrogen (secondary N) is 1. The topological polar surface area (TPSA) is 114 Å². The fourth-order valence-electron chi connectivity index (χ4n) is 2.33. The lowest BCUT2D eigenvalue weighted by Gasteiger charge is -2.15. The Morgan fingerprint density at radius 1 is 1.05 bits per heavy atom. The second kappa shape index (κ2) is 6.93. The van der Waals surface area contributed by atoms with E-state index < -0.39 is 5.97 Å². The molecule has 118 valence electrons. The van der Waals surface area contributed by atoms with Gasteiger partial charge < -0.3 is 25.4 Å². The van der Waals surface area contributed by atoms with Crippen molar-refractivity contribution in [2.45, 2.75) is 19.8 Å². The van der Waals surface area contributed by atoms with Gasteiger partial charge in [-0.05, 0) is 54.1 Å². The number of aromatic nitrogens is 1. The maximum atomic E-state index is 11.2. The van der Waals surface area contributed by atoms with Crippen molar-refractivity contribution in [1.82, 2.24) is 4.98 Å². The number of H-pyrrole nitrogens is 1. The van der Waals surface area contributed by atoms with Crippen LogP contribution in [0.4, 0.5) is 0 Å². The van der Waals surface area contributed by atoms with E-state index in [2.05, 4.69) is 36.8 Å². The van der Waals surface area contributed by atoms with Gasteiger partial charge in [-0.3, -0.25) is 0 Å². The number of hydrogen-bond donors (Lipinski definition) is 5. The SMILES string of the molecule is O=C(O)c1[nH]c(Br)c(-c2ccc(CO)c(CO)c2CO)c1Br. The van der Waals surface area contributed by atoms with Crippen molar-refractivity contribution in [2.24, 2.45) is 0 Å².